The van der Waals surface area contributed by atoms with E-state index < -0.39 is 0 Å². The number of hydrogen-bond donors (Lipinski definition) is 3. The minimum Gasteiger partial charge on any atom is -0.357 e. The van der Waals surface area contributed by atoms with Crippen molar-refractivity contribution in [3.05, 3.63) is 35.4 Å². The van der Waals surface area contributed by atoms with Crippen molar-refractivity contribution in [2.24, 2.45) is 4.99 Å². The molecule has 0 atom stereocenters. The largest absolute Gasteiger partial charge is 0.357 e. The number of hydrogen-bond acceptors (Lipinski definition) is 3. The lowest BCUT2D eigenvalue weighted by Crippen LogP contribution is -2.37. The summed E-state index contributed by atoms with van der Waals surface area (Å²) in [5.41, 5.74) is 1.71. The Hall–Kier alpha value is -0.960. The van der Waals surface area contributed by atoms with Crippen molar-refractivity contribution in [2.75, 3.05) is 31.6 Å². The smallest absolute Gasteiger partial charge is 0.251 e. The van der Waals surface area contributed by atoms with Crippen molar-refractivity contribution in [3.63, 3.8) is 0 Å². The molecule has 7 heteroatoms. The average molecular weight is 478 g/mol. The maximum absolute atomic E-state index is 11.9. The number of nitrogens with one attached hydrogen (secondary N) is 3. The van der Waals surface area contributed by atoms with E-state index in [4.69, 9.17) is 0 Å². The Balaban J connectivity index is 0.00000576. The summed E-state index contributed by atoms with van der Waals surface area (Å²) in [4.78, 5) is 16.5. The lowest BCUT2D eigenvalue weighted by Gasteiger charge is -2.11. The first-order valence-corrected chi connectivity index (χ1v) is 9.98. The van der Waals surface area contributed by atoms with Gasteiger partial charge in [0.15, 0.2) is 5.96 Å². The van der Waals surface area contributed by atoms with E-state index in [9.17, 15) is 4.79 Å². The zero-order valence-electron chi connectivity index (χ0n) is 15.4. The molecule has 0 heterocycles. The highest BCUT2D eigenvalue weighted by Crippen LogP contribution is 2.07. The van der Waals surface area contributed by atoms with Crippen LogP contribution < -0.4 is 16.0 Å². The molecule has 3 N–H and O–H groups in total. The lowest BCUT2D eigenvalue weighted by molar-refractivity contribution is 0.0955. The minimum atomic E-state index is -0.0397. The summed E-state index contributed by atoms with van der Waals surface area (Å²) in [6.45, 7) is 6.90. The number of amides is 1. The highest BCUT2D eigenvalue weighted by Gasteiger charge is 2.04. The normalized spacial score (nSPS) is 10.8. The lowest BCUT2D eigenvalue weighted by atomic mass is 10.1. The number of carbonyl (C=O) groups excluding carboxylic acids is 1. The zero-order valence-corrected chi connectivity index (χ0v) is 18.6. The molecule has 0 aliphatic rings. The van der Waals surface area contributed by atoms with Gasteiger partial charge >= 0.3 is 0 Å². The van der Waals surface area contributed by atoms with Gasteiger partial charge in [0, 0.05) is 25.2 Å². The highest BCUT2D eigenvalue weighted by molar-refractivity contribution is 14.0. The molecule has 1 aromatic carbocycles. The van der Waals surface area contributed by atoms with E-state index in [1.807, 2.05) is 43.0 Å². The second-order valence-corrected chi connectivity index (χ2v) is 6.37. The summed E-state index contributed by atoms with van der Waals surface area (Å²) in [5, 5.41) is 9.43. The molecule has 0 unspecified atom stereocenters. The van der Waals surface area contributed by atoms with Crippen molar-refractivity contribution < 1.29 is 4.79 Å². The molecule has 0 saturated carbocycles. The van der Waals surface area contributed by atoms with Crippen LogP contribution in [0.2, 0.25) is 0 Å². The van der Waals surface area contributed by atoms with Gasteiger partial charge in [-0.3, -0.25) is 4.79 Å². The molecule has 5 nitrogen and oxygen atoms in total. The Kier molecular flexibility index (Phi) is 14.7. The first kappa shape index (κ1) is 24.0. The number of thioether (sulfide) groups is 1. The van der Waals surface area contributed by atoms with Crippen LogP contribution in [0.5, 0.6) is 0 Å². The van der Waals surface area contributed by atoms with Gasteiger partial charge in [-0.25, -0.2) is 4.99 Å². The topological polar surface area (TPSA) is 65.5 Å². The van der Waals surface area contributed by atoms with Gasteiger partial charge < -0.3 is 16.0 Å². The minimum absolute atomic E-state index is 0. The van der Waals surface area contributed by atoms with E-state index in [1.54, 1.807) is 0 Å². The number of aliphatic imine (C=N–C) groups is 1. The maximum atomic E-state index is 11.9. The second kappa shape index (κ2) is 15.3. The summed E-state index contributed by atoms with van der Waals surface area (Å²) in [5.74, 6) is 1.98. The van der Waals surface area contributed by atoms with E-state index in [2.05, 4.69) is 34.1 Å². The molecule has 25 heavy (non-hydrogen) atoms. The van der Waals surface area contributed by atoms with Crippen LogP contribution in [0, 0.1) is 0 Å². The van der Waals surface area contributed by atoms with Crippen molar-refractivity contribution >= 4 is 47.6 Å². The van der Waals surface area contributed by atoms with Gasteiger partial charge in [-0.15, -0.1) is 24.0 Å². The molecule has 0 aliphatic heterocycles. The summed E-state index contributed by atoms with van der Waals surface area (Å²) >= 11 is 1.88. The van der Waals surface area contributed by atoms with Crippen LogP contribution >= 0.6 is 35.7 Å². The van der Waals surface area contributed by atoms with Gasteiger partial charge in [0.2, 0.25) is 0 Å². The Morgan fingerprint density at radius 1 is 1.12 bits per heavy atom. The molecule has 0 radical (unpaired) electrons. The third-order valence-corrected chi connectivity index (χ3v) is 4.06. The molecule has 0 aliphatic carbocycles. The van der Waals surface area contributed by atoms with Crippen LogP contribution in [0.1, 0.15) is 42.6 Å². The predicted octanol–water partition coefficient (Wildman–Crippen LogP) is 3.25. The molecule has 0 fully saturated rings. The van der Waals surface area contributed by atoms with E-state index in [-0.39, 0.29) is 29.9 Å². The van der Waals surface area contributed by atoms with Crippen LogP contribution in [0.25, 0.3) is 0 Å². The van der Waals surface area contributed by atoms with Crippen LogP contribution in [0.15, 0.2) is 29.3 Å². The molecule has 1 amide bonds. The molecule has 0 saturated heterocycles. The monoisotopic (exact) mass is 478 g/mol. The molecular weight excluding hydrogens is 447 g/mol. The fraction of sp³-hybridized carbons (Fsp3) is 0.556. The Morgan fingerprint density at radius 2 is 1.88 bits per heavy atom. The number of halogens is 1. The Bertz CT molecular complexity index is 526. The number of rotatable bonds is 10. The van der Waals surface area contributed by atoms with Crippen LogP contribution in [-0.2, 0) is 6.54 Å². The van der Waals surface area contributed by atoms with Crippen LogP contribution in [0.4, 0.5) is 0 Å². The summed E-state index contributed by atoms with van der Waals surface area (Å²) in [7, 11) is 0. The van der Waals surface area contributed by atoms with Crippen molar-refractivity contribution in [1.82, 2.24) is 16.0 Å². The first-order valence-electron chi connectivity index (χ1n) is 8.59. The SMILES string of the molecule is CCNC(=O)c1cccc(CN=C(NCC)NCCCCSC)c1.I. The zero-order chi connectivity index (χ0) is 17.6. The molecule has 142 valence electrons. The fourth-order valence-corrected chi connectivity index (χ4v) is 2.66. The van der Waals surface area contributed by atoms with E-state index >= 15 is 0 Å². The quantitative estimate of drug-likeness (QED) is 0.209. The molecule has 0 aromatic heterocycles. The van der Waals surface area contributed by atoms with Crippen LogP contribution in [-0.4, -0.2) is 43.5 Å². The van der Waals surface area contributed by atoms with Crippen molar-refractivity contribution in [3.8, 4) is 0 Å². The first-order chi connectivity index (χ1) is 11.7. The van der Waals surface area contributed by atoms with Gasteiger partial charge in [-0.05, 0) is 56.4 Å². The van der Waals surface area contributed by atoms with Crippen molar-refractivity contribution in [1.29, 1.82) is 0 Å². The van der Waals surface area contributed by atoms with Gasteiger partial charge in [-0.2, -0.15) is 11.8 Å². The third kappa shape index (κ3) is 10.6. The standard InChI is InChI=1S/C18H30N4OS.HI/c1-4-19-17(23)16-10-8-9-15(13-16)14-22-18(20-5-2)21-11-6-7-12-24-3;/h8-10,13H,4-7,11-12,14H2,1-3H3,(H,19,23)(H2,20,21,22);1H. The second-order valence-electron chi connectivity index (χ2n) is 5.38. The van der Waals surface area contributed by atoms with Gasteiger partial charge in [-0.1, -0.05) is 12.1 Å². The molecule has 0 bridgehead atoms. The molecule has 0 spiro atoms. The van der Waals surface area contributed by atoms with Gasteiger partial charge in [0.1, 0.15) is 0 Å². The number of benzene rings is 1. The maximum Gasteiger partial charge on any atom is 0.251 e. The summed E-state index contributed by atoms with van der Waals surface area (Å²) in [6.07, 6.45) is 4.48. The Morgan fingerprint density at radius 3 is 2.56 bits per heavy atom. The van der Waals surface area contributed by atoms with Gasteiger partial charge in [0.05, 0.1) is 6.54 Å². The number of guanidine groups is 1. The Labute approximate surface area is 173 Å². The number of nitrogens with zero attached hydrogens (tertiary/aromatic N) is 1. The fourth-order valence-electron chi connectivity index (χ4n) is 2.16. The average Bonchev–Trinajstić information content (AvgIpc) is 2.60. The summed E-state index contributed by atoms with van der Waals surface area (Å²) < 4.78 is 0. The van der Waals surface area contributed by atoms with E-state index in [0.29, 0.717) is 18.7 Å². The van der Waals surface area contributed by atoms with Crippen molar-refractivity contribution in [2.45, 2.75) is 33.2 Å². The third-order valence-electron chi connectivity index (χ3n) is 3.36. The molecule has 1 rings (SSSR count). The summed E-state index contributed by atoms with van der Waals surface area (Å²) in [6, 6.07) is 7.62. The van der Waals surface area contributed by atoms with E-state index in [1.165, 1.54) is 12.2 Å². The molecule has 1 aromatic rings. The number of unbranched alkanes of at least 4 members (excludes halogenated alkanes) is 1. The van der Waals surface area contributed by atoms with Crippen LogP contribution in [0.3, 0.4) is 0 Å². The molecular formula is C18H31IN4OS. The van der Waals surface area contributed by atoms with E-state index in [0.717, 1.165) is 31.0 Å². The predicted molar refractivity (Wildman–Crippen MR) is 120 cm³/mol. The van der Waals surface area contributed by atoms with Gasteiger partial charge in [0.25, 0.3) is 5.91 Å². The highest BCUT2D eigenvalue weighted by atomic mass is 127. The number of carbonyl (C=O) groups is 1.